The van der Waals surface area contributed by atoms with E-state index in [1.807, 2.05) is 12.3 Å². The molecule has 1 atom stereocenters. The predicted molar refractivity (Wildman–Crippen MR) is 73.5 cm³/mol. The molecule has 1 unspecified atom stereocenters. The van der Waals surface area contributed by atoms with E-state index in [0.717, 1.165) is 12.1 Å². The first-order valence-electron chi connectivity index (χ1n) is 6.29. The first-order chi connectivity index (χ1) is 8.72. The van der Waals surface area contributed by atoms with E-state index in [9.17, 15) is 0 Å². The van der Waals surface area contributed by atoms with Gasteiger partial charge in [0.25, 0.3) is 0 Å². The molecular weight excluding hydrogens is 222 g/mol. The topological polar surface area (TPSA) is 37.8 Å². The van der Waals surface area contributed by atoms with Crippen molar-refractivity contribution in [3.8, 4) is 0 Å². The van der Waals surface area contributed by atoms with E-state index in [0.29, 0.717) is 0 Å². The van der Waals surface area contributed by atoms with Crippen molar-refractivity contribution in [2.75, 3.05) is 6.54 Å². The Morgan fingerprint density at radius 3 is 2.61 bits per heavy atom. The molecule has 3 nitrogen and oxygen atoms in total. The van der Waals surface area contributed by atoms with E-state index < -0.39 is 0 Å². The molecule has 0 amide bonds. The summed E-state index contributed by atoms with van der Waals surface area (Å²) in [4.78, 5) is 0. The van der Waals surface area contributed by atoms with E-state index in [1.165, 1.54) is 16.7 Å². The lowest BCUT2D eigenvalue weighted by Gasteiger charge is -2.20. The van der Waals surface area contributed by atoms with E-state index in [2.05, 4.69) is 54.5 Å². The van der Waals surface area contributed by atoms with Crippen molar-refractivity contribution < 1.29 is 0 Å². The van der Waals surface area contributed by atoms with Crippen LogP contribution in [-0.2, 0) is 0 Å². The van der Waals surface area contributed by atoms with Crippen molar-refractivity contribution in [1.82, 2.24) is 15.5 Å². The lowest BCUT2D eigenvalue weighted by Crippen LogP contribution is -2.23. The Morgan fingerprint density at radius 2 is 2.00 bits per heavy atom. The molecule has 94 valence electrons. The Balaban J connectivity index is 2.41. The molecule has 2 aromatic rings. The van der Waals surface area contributed by atoms with Gasteiger partial charge in [0.15, 0.2) is 0 Å². The third-order valence-electron chi connectivity index (χ3n) is 3.09. The molecule has 3 heteroatoms. The van der Waals surface area contributed by atoms with Gasteiger partial charge in [-0.25, -0.2) is 0 Å². The molecule has 0 saturated heterocycles. The largest absolute Gasteiger partial charge is 0.306 e. The van der Waals surface area contributed by atoms with Crippen LogP contribution in [0, 0.1) is 13.8 Å². The Hall–Kier alpha value is -1.74. The number of hydrogen-bond acceptors (Lipinski definition) is 3. The van der Waals surface area contributed by atoms with Gasteiger partial charge in [0.1, 0.15) is 0 Å². The van der Waals surface area contributed by atoms with Gasteiger partial charge in [-0.1, -0.05) is 30.7 Å². The van der Waals surface area contributed by atoms with Crippen LogP contribution < -0.4 is 5.32 Å². The Labute approximate surface area is 108 Å². The van der Waals surface area contributed by atoms with Gasteiger partial charge in [0, 0.05) is 6.20 Å². The number of benzene rings is 1. The first-order valence-corrected chi connectivity index (χ1v) is 6.29. The molecule has 2 rings (SSSR count). The Morgan fingerprint density at radius 1 is 1.17 bits per heavy atom. The smallest absolute Gasteiger partial charge is 0.0595 e. The maximum Gasteiger partial charge on any atom is 0.0595 e. The fraction of sp³-hybridized carbons (Fsp3) is 0.333. The number of nitrogens with zero attached hydrogens (tertiary/aromatic N) is 2. The third kappa shape index (κ3) is 2.74. The van der Waals surface area contributed by atoms with Crippen molar-refractivity contribution in [3.05, 3.63) is 58.9 Å². The summed E-state index contributed by atoms with van der Waals surface area (Å²) >= 11 is 0. The highest BCUT2D eigenvalue weighted by Crippen LogP contribution is 2.24. The van der Waals surface area contributed by atoms with Crippen LogP contribution in [0.15, 0.2) is 36.7 Å². The minimum Gasteiger partial charge on any atom is -0.306 e. The summed E-state index contributed by atoms with van der Waals surface area (Å²) in [6.07, 6.45) is 3.57. The fourth-order valence-corrected chi connectivity index (χ4v) is 2.23. The summed E-state index contributed by atoms with van der Waals surface area (Å²) in [6.45, 7) is 7.31. The zero-order chi connectivity index (χ0) is 13.0. The fourth-order valence-electron chi connectivity index (χ4n) is 2.23. The molecule has 1 aromatic carbocycles. The van der Waals surface area contributed by atoms with Gasteiger partial charge in [0.05, 0.1) is 12.2 Å². The molecule has 0 aliphatic carbocycles. The lowest BCUT2D eigenvalue weighted by molar-refractivity contribution is 0.623. The standard InChI is InChI=1S/C15H19N3/c1-4-16-15(13-7-8-17-18-10-13)14-6-5-11(2)9-12(14)3/h5-10,15-16H,4H2,1-3H3. The van der Waals surface area contributed by atoms with Crippen molar-refractivity contribution in [3.63, 3.8) is 0 Å². The maximum absolute atomic E-state index is 3.97. The van der Waals surface area contributed by atoms with Crippen molar-refractivity contribution in [2.45, 2.75) is 26.8 Å². The van der Waals surface area contributed by atoms with Gasteiger partial charge < -0.3 is 5.32 Å². The molecule has 1 N–H and O–H groups in total. The summed E-state index contributed by atoms with van der Waals surface area (Å²) in [6, 6.07) is 8.76. The van der Waals surface area contributed by atoms with Gasteiger partial charge >= 0.3 is 0 Å². The highest BCUT2D eigenvalue weighted by atomic mass is 15.1. The zero-order valence-corrected chi connectivity index (χ0v) is 11.1. The SMILES string of the molecule is CCNC(c1ccnnc1)c1ccc(C)cc1C. The summed E-state index contributed by atoms with van der Waals surface area (Å²) in [5, 5.41) is 11.3. The average Bonchev–Trinajstić information content (AvgIpc) is 2.38. The third-order valence-corrected chi connectivity index (χ3v) is 3.09. The van der Waals surface area contributed by atoms with E-state index >= 15 is 0 Å². The van der Waals surface area contributed by atoms with Gasteiger partial charge in [-0.2, -0.15) is 10.2 Å². The average molecular weight is 241 g/mol. The van der Waals surface area contributed by atoms with Gasteiger partial charge in [-0.15, -0.1) is 0 Å². The number of rotatable bonds is 4. The molecule has 0 aliphatic heterocycles. The monoisotopic (exact) mass is 241 g/mol. The Bertz CT molecular complexity index is 508. The molecule has 0 aliphatic rings. The van der Waals surface area contributed by atoms with Crippen molar-refractivity contribution in [1.29, 1.82) is 0 Å². The normalized spacial score (nSPS) is 12.4. The van der Waals surface area contributed by atoms with Crippen LogP contribution in [0.5, 0.6) is 0 Å². The highest BCUT2D eigenvalue weighted by Gasteiger charge is 2.15. The second-order valence-corrected chi connectivity index (χ2v) is 4.53. The summed E-state index contributed by atoms with van der Waals surface area (Å²) in [5.74, 6) is 0. The van der Waals surface area contributed by atoms with Gasteiger partial charge in [0.2, 0.25) is 0 Å². The molecule has 0 spiro atoms. The van der Waals surface area contributed by atoms with Crippen LogP contribution in [-0.4, -0.2) is 16.7 Å². The van der Waals surface area contributed by atoms with Crippen LogP contribution in [0.25, 0.3) is 0 Å². The van der Waals surface area contributed by atoms with E-state index in [-0.39, 0.29) is 6.04 Å². The molecule has 1 aromatic heterocycles. The highest BCUT2D eigenvalue weighted by molar-refractivity contribution is 5.37. The van der Waals surface area contributed by atoms with Crippen LogP contribution in [0.3, 0.4) is 0 Å². The van der Waals surface area contributed by atoms with E-state index in [4.69, 9.17) is 0 Å². The Kier molecular flexibility index (Phi) is 4.05. The number of aromatic nitrogens is 2. The summed E-state index contributed by atoms with van der Waals surface area (Å²) in [7, 11) is 0. The molecular formula is C15H19N3. The second kappa shape index (κ2) is 5.74. The zero-order valence-electron chi connectivity index (χ0n) is 11.1. The molecule has 0 saturated carbocycles. The minimum atomic E-state index is 0.186. The van der Waals surface area contributed by atoms with Crippen LogP contribution in [0.4, 0.5) is 0 Å². The molecule has 18 heavy (non-hydrogen) atoms. The minimum absolute atomic E-state index is 0.186. The van der Waals surface area contributed by atoms with Gasteiger partial charge in [-0.3, -0.25) is 0 Å². The maximum atomic E-state index is 3.97. The van der Waals surface area contributed by atoms with Crippen LogP contribution >= 0.6 is 0 Å². The molecule has 0 bridgehead atoms. The number of hydrogen-bond donors (Lipinski definition) is 1. The predicted octanol–water partition coefficient (Wildman–Crippen LogP) is 2.79. The lowest BCUT2D eigenvalue weighted by atomic mass is 9.95. The van der Waals surface area contributed by atoms with E-state index in [1.54, 1.807) is 6.20 Å². The molecule has 0 fully saturated rings. The van der Waals surface area contributed by atoms with Crippen molar-refractivity contribution >= 4 is 0 Å². The van der Waals surface area contributed by atoms with Crippen LogP contribution in [0.2, 0.25) is 0 Å². The number of nitrogens with one attached hydrogen (secondary N) is 1. The molecule has 1 heterocycles. The van der Waals surface area contributed by atoms with Crippen LogP contribution in [0.1, 0.15) is 35.2 Å². The summed E-state index contributed by atoms with van der Waals surface area (Å²) < 4.78 is 0. The second-order valence-electron chi connectivity index (χ2n) is 4.53. The van der Waals surface area contributed by atoms with Crippen molar-refractivity contribution in [2.24, 2.45) is 0 Å². The molecule has 0 radical (unpaired) electrons. The number of aryl methyl sites for hydroxylation is 2. The first kappa shape index (κ1) is 12.7. The van der Waals surface area contributed by atoms with Gasteiger partial charge in [-0.05, 0) is 43.1 Å². The quantitative estimate of drug-likeness (QED) is 0.894. The summed E-state index contributed by atoms with van der Waals surface area (Å²) in [5.41, 5.74) is 5.05.